The lowest BCUT2D eigenvalue weighted by Crippen LogP contribution is -2.44. The Morgan fingerprint density at radius 1 is 1.09 bits per heavy atom. The zero-order chi connectivity index (χ0) is 16.7. The molecular formula is C17H15N3O3. The summed E-state index contributed by atoms with van der Waals surface area (Å²) in [5, 5.41) is 8.69. The molecule has 0 atom stereocenters. The molecule has 0 spiro atoms. The molecule has 0 aliphatic carbocycles. The molecule has 0 radical (unpaired) electrons. The minimum absolute atomic E-state index is 0.250. The van der Waals surface area contributed by atoms with E-state index in [0.29, 0.717) is 16.9 Å². The number of nitriles is 1. The van der Waals surface area contributed by atoms with Gasteiger partial charge in [0, 0.05) is 5.56 Å². The normalized spacial score (nSPS) is 9.57. The number of hydrazine groups is 1. The number of benzene rings is 2. The molecule has 0 heterocycles. The van der Waals surface area contributed by atoms with Crippen LogP contribution in [-0.2, 0) is 4.79 Å². The molecule has 0 aromatic heterocycles. The Kier molecular flexibility index (Phi) is 5.31. The van der Waals surface area contributed by atoms with E-state index in [2.05, 4.69) is 10.9 Å². The van der Waals surface area contributed by atoms with Gasteiger partial charge in [-0.15, -0.1) is 0 Å². The average molecular weight is 309 g/mol. The predicted octanol–water partition coefficient (Wildman–Crippen LogP) is 1.71. The number of aryl methyl sites for hydroxylation is 1. The zero-order valence-electron chi connectivity index (χ0n) is 12.5. The number of carbonyl (C=O) groups excluding carboxylic acids is 2. The van der Waals surface area contributed by atoms with Gasteiger partial charge in [-0.25, -0.2) is 0 Å². The van der Waals surface area contributed by atoms with Crippen LogP contribution in [0.3, 0.4) is 0 Å². The van der Waals surface area contributed by atoms with Gasteiger partial charge < -0.3 is 4.74 Å². The van der Waals surface area contributed by atoms with E-state index >= 15 is 0 Å². The molecule has 116 valence electrons. The average Bonchev–Trinajstić information content (AvgIpc) is 2.58. The first-order valence-electron chi connectivity index (χ1n) is 6.88. The fraction of sp³-hybridized carbons (Fsp3) is 0.118. The van der Waals surface area contributed by atoms with Crippen molar-refractivity contribution in [2.45, 2.75) is 6.92 Å². The van der Waals surface area contributed by atoms with E-state index in [4.69, 9.17) is 10.00 Å². The van der Waals surface area contributed by atoms with Gasteiger partial charge in [0.2, 0.25) is 0 Å². The number of nitrogens with one attached hydrogen (secondary N) is 2. The Hall–Kier alpha value is -3.33. The third-order valence-corrected chi connectivity index (χ3v) is 3.06. The van der Waals surface area contributed by atoms with Crippen molar-refractivity contribution in [1.82, 2.24) is 10.9 Å². The van der Waals surface area contributed by atoms with Crippen LogP contribution in [-0.4, -0.2) is 18.4 Å². The lowest BCUT2D eigenvalue weighted by atomic mass is 10.1. The van der Waals surface area contributed by atoms with E-state index in [0.717, 1.165) is 5.56 Å². The summed E-state index contributed by atoms with van der Waals surface area (Å²) in [4.78, 5) is 23.6. The van der Waals surface area contributed by atoms with Crippen molar-refractivity contribution >= 4 is 11.8 Å². The second-order valence-corrected chi connectivity index (χ2v) is 4.74. The van der Waals surface area contributed by atoms with Gasteiger partial charge in [0.05, 0.1) is 11.6 Å². The first kappa shape index (κ1) is 16.0. The number of rotatable bonds is 4. The molecule has 23 heavy (non-hydrogen) atoms. The van der Waals surface area contributed by atoms with Gasteiger partial charge in [-0.05, 0) is 42.8 Å². The van der Waals surface area contributed by atoms with Crippen molar-refractivity contribution in [2.24, 2.45) is 0 Å². The Morgan fingerprint density at radius 2 is 1.78 bits per heavy atom. The van der Waals surface area contributed by atoms with Crippen LogP contribution in [0.5, 0.6) is 5.75 Å². The molecule has 0 aliphatic rings. The van der Waals surface area contributed by atoms with E-state index < -0.39 is 11.8 Å². The van der Waals surface area contributed by atoms with Crippen molar-refractivity contribution in [3.63, 3.8) is 0 Å². The highest BCUT2D eigenvalue weighted by Crippen LogP contribution is 2.11. The van der Waals surface area contributed by atoms with Gasteiger partial charge in [-0.1, -0.05) is 18.2 Å². The fourth-order valence-corrected chi connectivity index (χ4v) is 1.83. The number of hydrogen-bond acceptors (Lipinski definition) is 4. The fourth-order valence-electron chi connectivity index (χ4n) is 1.83. The minimum Gasteiger partial charge on any atom is -0.484 e. The summed E-state index contributed by atoms with van der Waals surface area (Å²) in [7, 11) is 0. The smallest absolute Gasteiger partial charge is 0.276 e. The highest BCUT2D eigenvalue weighted by atomic mass is 16.5. The number of amides is 2. The second-order valence-electron chi connectivity index (χ2n) is 4.74. The van der Waals surface area contributed by atoms with Crippen LogP contribution < -0.4 is 15.6 Å². The monoisotopic (exact) mass is 309 g/mol. The van der Waals surface area contributed by atoms with Crippen molar-refractivity contribution in [3.05, 3.63) is 65.2 Å². The quantitative estimate of drug-likeness (QED) is 0.841. The van der Waals surface area contributed by atoms with Crippen LogP contribution in [0, 0.1) is 18.3 Å². The Morgan fingerprint density at radius 3 is 2.43 bits per heavy atom. The summed E-state index contributed by atoms with van der Waals surface area (Å²) in [5.41, 5.74) is 6.42. The molecule has 6 heteroatoms. The maximum absolute atomic E-state index is 11.9. The largest absolute Gasteiger partial charge is 0.484 e. The summed E-state index contributed by atoms with van der Waals surface area (Å²) >= 11 is 0. The highest BCUT2D eigenvalue weighted by Gasteiger charge is 2.09. The summed E-state index contributed by atoms with van der Waals surface area (Å²) < 4.78 is 5.26. The highest BCUT2D eigenvalue weighted by molar-refractivity contribution is 5.96. The van der Waals surface area contributed by atoms with E-state index in [9.17, 15) is 9.59 Å². The van der Waals surface area contributed by atoms with Crippen molar-refractivity contribution in [2.75, 3.05) is 6.61 Å². The molecule has 2 rings (SSSR count). The van der Waals surface area contributed by atoms with Crippen LogP contribution in [0.1, 0.15) is 21.5 Å². The number of nitrogens with zero attached hydrogens (tertiary/aromatic N) is 1. The summed E-state index contributed by atoms with van der Waals surface area (Å²) in [5.74, 6) is -0.421. The SMILES string of the molecule is Cc1ccccc1C(=O)NNC(=O)COc1ccc(C#N)cc1. The Balaban J connectivity index is 1.80. The van der Waals surface area contributed by atoms with Gasteiger partial charge in [0.25, 0.3) is 11.8 Å². The zero-order valence-corrected chi connectivity index (χ0v) is 12.5. The van der Waals surface area contributed by atoms with Gasteiger partial charge in [-0.3, -0.25) is 20.4 Å². The lowest BCUT2D eigenvalue weighted by molar-refractivity contribution is -0.123. The number of ether oxygens (including phenoxy) is 1. The molecule has 0 unspecified atom stereocenters. The molecule has 2 amide bonds. The Bertz CT molecular complexity index is 748. The second kappa shape index (κ2) is 7.61. The Labute approximate surface area is 133 Å². The molecule has 0 saturated carbocycles. The van der Waals surface area contributed by atoms with Gasteiger partial charge in [0.15, 0.2) is 6.61 Å². The first-order valence-corrected chi connectivity index (χ1v) is 6.88. The van der Waals surface area contributed by atoms with E-state index in [1.54, 1.807) is 36.4 Å². The predicted molar refractivity (Wildman–Crippen MR) is 83.4 cm³/mol. The molecular weight excluding hydrogens is 294 g/mol. The maximum Gasteiger partial charge on any atom is 0.276 e. The standard InChI is InChI=1S/C17H15N3O3/c1-12-4-2-3-5-15(12)17(22)20-19-16(21)11-23-14-8-6-13(10-18)7-9-14/h2-9H,11H2,1H3,(H,19,21)(H,20,22). The summed E-state index contributed by atoms with van der Waals surface area (Å²) in [6.45, 7) is 1.56. The molecule has 2 aromatic rings. The summed E-state index contributed by atoms with van der Waals surface area (Å²) in [6.07, 6.45) is 0. The number of carbonyl (C=O) groups is 2. The van der Waals surface area contributed by atoms with Crippen LogP contribution in [0.25, 0.3) is 0 Å². The minimum atomic E-state index is -0.490. The molecule has 6 nitrogen and oxygen atoms in total. The van der Waals surface area contributed by atoms with Gasteiger partial charge >= 0.3 is 0 Å². The van der Waals surface area contributed by atoms with Crippen LogP contribution in [0.15, 0.2) is 48.5 Å². The molecule has 0 bridgehead atoms. The topological polar surface area (TPSA) is 91.2 Å². The van der Waals surface area contributed by atoms with Crippen LogP contribution in [0.4, 0.5) is 0 Å². The van der Waals surface area contributed by atoms with E-state index in [1.165, 1.54) is 0 Å². The van der Waals surface area contributed by atoms with Gasteiger partial charge in [-0.2, -0.15) is 5.26 Å². The van der Waals surface area contributed by atoms with Crippen LogP contribution >= 0.6 is 0 Å². The third kappa shape index (κ3) is 4.58. The van der Waals surface area contributed by atoms with Gasteiger partial charge in [0.1, 0.15) is 5.75 Å². The van der Waals surface area contributed by atoms with E-state index in [1.807, 2.05) is 25.1 Å². The first-order chi connectivity index (χ1) is 11.1. The molecule has 0 fully saturated rings. The lowest BCUT2D eigenvalue weighted by Gasteiger charge is -2.10. The molecule has 2 aromatic carbocycles. The van der Waals surface area contributed by atoms with Crippen molar-refractivity contribution < 1.29 is 14.3 Å². The van der Waals surface area contributed by atoms with Crippen molar-refractivity contribution in [3.8, 4) is 11.8 Å². The number of hydrogen-bond donors (Lipinski definition) is 2. The maximum atomic E-state index is 11.9. The molecule has 0 saturated heterocycles. The summed E-state index contributed by atoms with van der Waals surface area (Å²) in [6, 6.07) is 15.4. The third-order valence-electron chi connectivity index (χ3n) is 3.06. The molecule has 0 aliphatic heterocycles. The van der Waals surface area contributed by atoms with Crippen molar-refractivity contribution in [1.29, 1.82) is 5.26 Å². The molecule has 2 N–H and O–H groups in total. The van der Waals surface area contributed by atoms with Crippen LogP contribution in [0.2, 0.25) is 0 Å². The van der Waals surface area contributed by atoms with E-state index in [-0.39, 0.29) is 6.61 Å².